The zero-order chi connectivity index (χ0) is 51.1. The average molecular weight is 960 g/mol. The Labute approximate surface area is 439 Å². The summed E-state index contributed by atoms with van der Waals surface area (Å²) in [7, 11) is 0. The van der Waals surface area contributed by atoms with E-state index in [0.29, 0.717) is 0 Å². The van der Waals surface area contributed by atoms with Gasteiger partial charge in [-0.25, -0.2) is 0 Å². The summed E-state index contributed by atoms with van der Waals surface area (Å²) in [5.41, 5.74) is 26.6. The third kappa shape index (κ3) is 7.46. The number of nitrogens with zero attached hydrogens (tertiary/aromatic N) is 2. The minimum absolute atomic E-state index is 0.0118. The maximum atomic E-state index is 4.10. The van der Waals surface area contributed by atoms with Gasteiger partial charge in [0.1, 0.15) is 0 Å². The first kappa shape index (κ1) is 46.2. The second-order valence-corrected chi connectivity index (χ2v) is 25.0. The largest absolute Gasteiger partial charge is 0.356 e. The van der Waals surface area contributed by atoms with Gasteiger partial charge in [0.25, 0.3) is 6.71 Å². The van der Waals surface area contributed by atoms with Gasteiger partial charge in [-0.05, 0) is 161 Å². The van der Waals surface area contributed by atoms with Crippen LogP contribution in [0.4, 0.5) is 28.4 Å². The average Bonchev–Trinajstić information content (AvgIpc) is 3.74. The lowest BCUT2D eigenvalue weighted by molar-refractivity contribution is 0.332. The van der Waals surface area contributed by atoms with Crippen LogP contribution in [0.15, 0.2) is 188 Å². The molecule has 0 unspecified atom stereocenters. The molecule has 0 fully saturated rings. The molecule has 3 nitrogen and oxygen atoms in total. The maximum absolute atomic E-state index is 4.10. The van der Waals surface area contributed by atoms with Gasteiger partial charge in [-0.15, -0.1) is 0 Å². The summed E-state index contributed by atoms with van der Waals surface area (Å²) in [4.78, 5) is 2.57. The molecular formula is C70H66BN3. The van der Waals surface area contributed by atoms with Gasteiger partial charge in [-0.2, -0.15) is 0 Å². The normalized spacial score (nSPS) is 15.3. The van der Waals surface area contributed by atoms with Crippen LogP contribution >= 0.6 is 0 Å². The van der Waals surface area contributed by atoms with Gasteiger partial charge < -0.3 is 14.8 Å². The van der Waals surface area contributed by atoms with Gasteiger partial charge in [-0.1, -0.05) is 203 Å². The molecule has 13 rings (SSSR count). The van der Waals surface area contributed by atoms with Crippen molar-refractivity contribution in [3.8, 4) is 39.1 Å². The highest BCUT2D eigenvalue weighted by molar-refractivity contribution is 7.00. The molecule has 0 amide bonds. The first-order chi connectivity index (χ1) is 35.4. The van der Waals surface area contributed by atoms with E-state index in [1.165, 1.54) is 118 Å². The fraction of sp³-hybridized carbons (Fsp3) is 0.229. The lowest BCUT2D eigenvalue weighted by Gasteiger charge is -2.42. The maximum Gasteiger partial charge on any atom is 0.252 e. The second-order valence-electron chi connectivity index (χ2n) is 25.0. The fourth-order valence-electron chi connectivity index (χ4n) is 12.7. The summed E-state index contributed by atoms with van der Waals surface area (Å²) in [5.74, 6) is 0. The number of hydrogen-bond acceptors (Lipinski definition) is 2. The van der Waals surface area contributed by atoms with Crippen LogP contribution in [0.1, 0.15) is 104 Å². The van der Waals surface area contributed by atoms with Crippen molar-refractivity contribution in [2.24, 2.45) is 0 Å². The standard InChI is InChI=1S/C70H66BN3/c1-67(2,3)50-36-48(37-51(42-50)68(4,5)6)47-27-32-59-64(40-47)73(52-28-24-45(25-29-52)46-26-31-56-57(38-46)70(9,10)35-34-69(56,7)8)65-41-49(44-18-12-11-13-19-44)39-61-66(65)71(59)58-33-30-53(43-60(58)72-61)74-62-22-16-14-20-54(62)55-21-15-17-23-63(55)74/h11-33,36-43,72H,34-35H2,1-10H3. The number of benzene rings is 9. The van der Waals surface area contributed by atoms with Crippen molar-refractivity contribution in [2.45, 2.75) is 104 Å². The van der Waals surface area contributed by atoms with E-state index in [0.717, 1.165) is 22.7 Å². The van der Waals surface area contributed by atoms with Gasteiger partial charge in [0.15, 0.2) is 0 Å². The van der Waals surface area contributed by atoms with E-state index in [9.17, 15) is 0 Å². The predicted octanol–water partition coefficient (Wildman–Crippen LogP) is 17.1. The van der Waals surface area contributed by atoms with E-state index in [1.807, 2.05) is 0 Å². The number of hydrogen-bond donors (Lipinski definition) is 1. The summed E-state index contributed by atoms with van der Waals surface area (Å²) >= 11 is 0. The summed E-state index contributed by atoms with van der Waals surface area (Å²) in [6, 6.07) is 71.8. The van der Waals surface area contributed by atoms with Crippen LogP contribution in [0, 0.1) is 0 Å². The van der Waals surface area contributed by atoms with Crippen molar-refractivity contribution in [3.63, 3.8) is 0 Å². The number of fused-ring (bicyclic) bond motifs is 8. The van der Waals surface area contributed by atoms with E-state index >= 15 is 0 Å². The highest BCUT2D eigenvalue weighted by Gasteiger charge is 2.42. The van der Waals surface area contributed by atoms with E-state index in [2.05, 4.69) is 272 Å². The zero-order valence-electron chi connectivity index (χ0n) is 44.8. The van der Waals surface area contributed by atoms with Gasteiger partial charge in [0.05, 0.1) is 11.0 Å². The smallest absolute Gasteiger partial charge is 0.252 e. The third-order valence-electron chi connectivity index (χ3n) is 17.1. The Kier molecular flexibility index (Phi) is 10.3. The summed E-state index contributed by atoms with van der Waals surface area (Å²) in [6.07, 6.45) is 2.40. The molecule has 0 atom stereocenters. The van der Waals surface area contributed by atoms with Crippen LogP contribution in [-0.4, -0.2) is 11.3 Å². The Hall–Kier alpha value is -7.56. The first-order valence-electron chi connectivity index (χ1n) is 26.9. The summed E-state index contributed by atoms with van der Waals surface area (Å²) in [6.45, 7) is 23.7. The van der Waals surface area contributed by atoms with E-state index in [-0.39, 0.29) is 28.4 Å². The van der Waals surface area contributed by atoms with Crippen LogP contribution < -0.4 is 26.6 Å². The summed E-state index contributed by atoms with van der Waals surface area (Å²) < 4.78 is 2.43. The molecule has 3 heterocycles. The Morgan fingerprint density at radius 2 is 0.946 bits per heavy atom. The molecule has 2 aliphatic heterocycles. The number of para-hydroxylation sites is 2. The molecule has 0 radical (unpaired) electrons. The van der Waals surface area contributed by atoms with Crippen LogP contribution in [0.3, 0.4) is 0 Å². The molecule has 1 aliphatic carbocycles. The molecule has 0 saturated carbocycles. The number of aromatic nitrogens is 1. The lowest BCUT2D eigenvalue weighted by Crippen LogP contribution is -2.60. The van der Waals surface area contributed by atoms with E-state index < -0.39 is 0 Å². The topological polar surface area (TPSA) is 20.2 Å². The first-order valence-corrected chi connectivity index (χ1v) is 26.9. The highest BCUT2D eigenvalue weighted by atomic mass is 15.2. The molecule has 364 valence electrons. The van der Waals surface area contributed by atoms with Crippen molar-refractivity contribution in [1.82, 2.24) is 4.57 Å². The summed E-state index contributed by atoms with van der Waals surface area (Å²) in [5, 5.41) is 6.62. The minimum atomic E-state index is -0.0120. The van der Waals surface area contributed by atoms with Gasteiger partial charge in [-0.3, -0.25) is 0 Å². The van der Waals surface area contributed by atoms with E-state index in [1.54, 1.807) is 0 Å². The Balaban J connectivity index is 1.03. The van der Waals surface area contributed by atoms with Gasteiger partial charge >= 0.3 is 0 Å². The van der Waals surface area contributed by atoms with Gasteiger partial charge in [0, 0.05) is 44.9 Å². The fourth-order valence-corrected chi connectivity index (χ4v) is 12.7. The van der Waals surface area contributed by atoms with Crippen molar-refractivity contribution < 1.29 is 0 Å². The van der Waals surface area contributed by atoms with Crippen LogP contribution in [0.2, 0.25) is 0 Å². The predicted molar refractivity (Wildman–Crippen MR) is 319 cm³/mol. The van der Waals surface area contributed by atoms with Crippen molar-refractivity contribution >= 4 is 73.3 Å². The number of anilines is 5. The monoisotopic (exact) mass is 960 g/mol. The molecule has 74 heavy (non-hydrogen) atoms. The number of rotatable bonds is 5. The molecule has 10 aromatic rings. The van der Waals surface area contributed by atoms with Crippen LogP contribution in [0.5, 0.6) is 0 Å². The Morgan fingerprint density at radius 1 is 0.419 bits per heavy atom. The third-order valence-corrected chi connectivity index (χ3v) is 17.1. The van der Waals surface area contributed by atoms with Crippen LogP contribution in [0.25, 0.3) is 60.9 Å². The van der Waals surface area contributed by atoms with Crippen molar-refractivity contribution in [2.75, 3.05) is 10.2 Å². The molecule has 9 aromatic carbocycles. The van der Waals surface area contributed by atoms with E-state index in [4.69, 9.17) is 0 Å². The second kappa shape index (κ2) is 16.5. The SMILES string of the molecule is CC(C)(C)c1cc(-c2ccc3c(c2)N(c2ccc(-c4ccc5c(c4)C(C)(C)CCC5(C)C)cc2)c2cc(-c4ccccc4)cc4c2B3c2ccc(-n3c5ccccc5c5ccccc53)cc2N4)cc(C(C)(C)C)c1. The molecule has 3 aliphatic rings. The van der Waals surface area contributed by atoms with Crippen molar-refractivity contribution in [1.29, 1.82) is 0 Å². The molecule has 0 spiro atoms. The Morgan fingerprint density at radius 3 is 1.61 bits per heavy atom. The zero-order valence-corrected chi connectivity index (χ0v) is 44.8. The molecule has 4 heteroatoms. The van der Waals surface area contributed by atoms with Crippen molar-refractivity contribution in [3.05, 3.63) is 210 Å². The quantitative estimate of drug-likeness (QED) is 0.174. The lowest BCUT2D eigenvalue weighted by atomic mass is 9.33. The molecule has 0 bridgehead atoms. The minimum Gasteiger partial charge on any atom is -0.356 e. The van der Waals surface area contributed by atoms with Crippen LogP contribution in [-0.2, 0) is 21.7 Å². The highest BCUT2D eigenvalue weighted by Crippen LogP contribution is 2.48. The molecule has 0 saturated heterocycles. The van der Waals surface area contributed by atoms with Gasteiger partial charge in [0.2, 0.25) is 0 Å². The molecule has 1 N–H and O–H groups in total. The molecular weight excluding hydrogens is 894 g/mol. The number of nitrogens with one attached hydrogen (secondary N) is 1. The Bertz CT molecular complexity index is 3810. The molecule has 1 aromatic heterocycles.